The van der Waals surface area contributed by atoms with Crippen molar-refractivity contribution in [3.63, 3.8) is 0 Å². The number of hydrogen-bond acceptors (Lipinski definition) is 4. The van der Waals surface area contributed by atoms with Crippen molar-refractivity contribution >= 4 is 22.6 Å². The molecule has 5 heteroatoms. The number of piperidine rings is 1. The number of amides is 1. The molecule has 1 atom stereocenters. The number of pyridine rings is 2. The van der Waals surface area contributed by atoms with Crippen LogP contribution in [-0.4, -0.2) is 39.6 Å². The van der Waals surface area contributed by atoms with Crippen molar-refractivity contribution in [2.24, 2.45) is 11.8 Å². The van der Waals surface area contributed by atoms with Crippen LogP contribution in [0.3, 0.4) is 0 Å². The predicted octanol–water partition coefficient (Wildman–Crippen LogP) is 4.76. The zero-order chi connectivity index (χ0) is 21.1. The first-order valence-electron chi connectivity index (χ1n) is 10.6. The van der Waals surface area contributed by atoms with Gasteiger partial charge in [-0.1, -0.05) is 26.0 Å². The van der Waals surface area contributed by atoms with Gasteiger partial charge >= 0.3 is 0 Å². The maximum atomic E-state index is 13.0. The molecular formula is C25H27N3O2. The van der Waals surface area contributed by atoms with E-state index in [1.54, 1.807) is 12.4 Å². The van der Waals surface area contributed by atoms with Crippen molar-refractivity contribution in [2.45, 2.75) is 33.1 Å². The van der Waals surface area contributed by atoms with Crippen LogP contribution in [0.15, 0.2) is 54.9 Å². The van der Waals surface area contributed by atoms with Gasteiger partial charge in [0.25, 0.3) is 5.91 Å². The molecule has 0 aliphatic carbocycles. The van der Waals surface area contributed by atoms with Crippen molar-refractivity contribution in [2.75, 3.05) is 13.1 Å². The molecule has 0 bridgehead atoms. The van der Waals surface area contributed by atoms with E-state index in [2.05, 4.69) is 29.9 Å². The third-order valence-electron chi connectivity index (χ3n) is 5.68. The summed E-state index contributed by atoms with van der Waals surface area (Å²) in [6.45, 7) is 5.33. The number of carbonyl (C=O) groups is 2. The third-order valence-corrected chi connectivity index (χ3v) is 5.68. The van der Waals surface area contributed by atoms with Gasteiger partial charge in [-0.05, 0) is 49.1 Å². The number of hydrogen-bond donors (Lipinski definition) is 0. The van der Waals surface area contributed by atoms with Gasteiger partial charge in [-0.2, -0.15) is 0 Å². The molecule has 5 nitrogen and oxygen atoms in total. The van der Waals surface area contributed by atoms with Crippen LogP contribution in [0.2, 0.25) is 0 Å². The lowest BCUT2D eigenvalue weighted by atomic mass is 9.89. The van der Waals surface area contributed by atoms with Gasteiger partial charge in [0.1, 0.15) is 5.78 Å². The number of likely N-dealkylation sites (tertiary alicyclic amines) is 1. The zero-order valence-corrected chi connectivity index (χ0v) is 17.5. The largest absolute Gasteiger partial charge is 0.338 e. The van der Waals surface area contributed by atoms with Crippen molar-refractivity contribution in [1.29, 1.82) is 0 Å². The highest BCUT2D eigenvalue weighted by atomic mass is 16.2. The number of aromatic nitrogens is 2. The van der Waals surface area contributed by atoms with E-state index in [0.29, 0.717) is 31.0 Å². The van der Waals surface area contributed by atoms with Crippen LogP contribution in [0.1, 0.15) is 43.5 Å². The Bertz CT molecular complexity index is 1060. The molecule has 1 fully saturated rings. The van der Waals surface area contributed by atoms with Gasteiger partial charge in [-0.25, -0.2) is 0 Å². The van der Waals surface area contributed by atoms with Gasteiger partial charge < -0.3 is 4.90 Å². The summed E-state index contributed by atoms with van der Waals surface area (Å²) in [7, 11) is 0. The number of nitrogens with zero attached hydrogens (tertiary/aromatic N) is 3. The van der Waals surface area contributed by atoms with E-state index in [9.17, 15) is 9.59 Å². The Morgan fingerprint density at radius 3 is 2.77 bits per heavy atom. The Labute approximate surface area is 177 Å². The molecule has 3 heterocycles. The van der Waals surface area contributed by atoms with Crippen molar-refractivity contribution in [3.05, 3.63) is 60.4 Å². The number of ketones is 1. The standard InChI is InChI=1S/C25H27N3O2/c1-17(2)13-24(29)21-6-4-12-28(16-21)25(30)20-8-10-23(27-15-20)19-7-9-22-18(14-19)5-3-11-26-22/h3,5,7-11,14-15,17,21H,4,6,12-13,16H2,1-2H3/t21-/m0/s1. The molecule has 0 unspecified atom stereocenters. The Balaban J connectivity index is 1.47. The first-order valence-corrected chi connectivity index (χ1v) is 10.6. The van der Waals surface area contributed by atoms with Crippen molar-refractivity contribution < 1.29 is 9.59 Å². The lowest BCUT2D eigenvalue weighted by Crippen LogP contribution is -2.42. The lowest BCUT2D eigenvalue weighted by Gasteiger charge is -2.32. The number of Topliss-reactive ketones (excluding diaryl/α,β-unsaturated/α-hetero) is 1. The predicted molar refractivity (Wildman–Crippen MR) is 118 cm³/mol. The summed E-state index contributed by atoms with van der Waals surface area (Å²) in [5.41, 5.74) is 3.32. The highest BCUT2D eigenvalue weighted by Crippen LogP contribution is 2.24. The van der Waals surface area contributed by atoms with Crippen LogP contribution >= 0.6 is 0 Å². The van der Waals surface area contributed by atoms with E-state index in [-0.39, 0.29) is 17.6 Å². The number of fused-ring (bicyclic) bond motifs is 1. The molecule has 2 aromatic heterocycles. The van der Waals surface area contributed by atoms with E-state index in [1.165, 1.54) is 0 Å². The second-order valence-electron chi connectivity index (χ2n) is 8.50. The molecular weight excluding hydrogens is 374 g/mol. The average molecular weight is 402 g/mol. The van der Waals surface area contributed by atoms with Gasteiger partial charge in [0.05, 0.1) is 16.8 Å². The Morgan fingerprint density at radius 1 is 1.13 bits per heavy atom. The van der Waals surface area contributed by atoms with Gasteiger partial charge in [0.15, 0.2) is 0 Å². The van der Waals surface area contributed by atoms with Crippen molar-refractivity contribution in [1.82, 2.24) is 14.9 Å². The van der Waals surface area contributed by atoms with Gasteiger partial charge in [-0.3, -0.25) is 19.6 Å². The van der Waals surface area contributed by atoms with Crippen LogP contribution in [0, 0.1) is 11.8 Å². The molecule has 1 amide bonds. The number of rotatable bonds is 5. The molecule has 0 N–H and O–H groups in total. The van der Waals surface area contributed by atoms with Gasteiger partial charge in [0, 0.05) is 48.8 Å². The lowest BCUT2D eigenvalue weighted by molar-refractivity contribution is -0.124. The first kappa shape index (κ1) is 20.2. The van der Waals surface area contributed by atoms with E-state index >= 15 is 0 Å². The normalized spacial score (nSPS) is 16.8. The maximum Gasteiger partial charge on any atom is 0.255 e. The van der Waals surface area contributed by atoms with E-state index in [4.69, 9.17) is 0 Å². The minimum Gasteiger partial charge on any atom is -0.338 e. The minimum atomic E-state index is -0.0428. The molecule has 1 aliphatic rings. The molecule has 1 saturated heterocycles. The minimum absolute atomic E-state index is 0.0384. The molecule has 0 radical (unpaired) electrons. The molecule has 30 heavy (non-hydrogen) atoms. The quantitative estimate of drug-likeness (QED) is 0.618. The van der Waals surface area contributed by atoms with Crippen LogP contribution < -0.4 is 0 Å². The fraction of sp³-hybridized carbons (Fsp3) is 0.360. The topological polar surface area (TPSA) is 63.2 Å². The van der Waals surface area contributed by atoms with E-state index < -0.39 is 0 Å². The smallest absolute Gasteiger partial charge is 0.255 e. The Kier molecular flexibility index (Phi) is 5.88. The SMILES string of the molecule is CC(C)CC(=O)[C@H]1CCCN(C(=O)c2ccc(-c3ccc4ncccc4c3)nc2)C1. The van der Waals surface area contributed by atoms with E-state index in [0.717, 1.165) is 35.0 Å². The molecule has 0 spiro atoms. The number of carbonyl (C=O) groups excluding carboxylic acids is 2. The molecule has 154 valence electrons. The van der Waals surface area contributed by atoms with Crippen molar-refractivity contribution in [3.8, 4) is 11.3 Å². The fourth-order valence-electron chi connectivity index (χ4n) is 4.10. The Hall–Kier alpha value is -3.08. The van der Waals surface area contributed by atoms with Crippen LogP contribution in [-0.2, 0) is 4.79 Å². The molecule has 1 aliphatic heterocycles. The monoisotopic (exact) mass is 401 g/mol. The fourth-order valence-corrected chi connectivity index (χ4v) is 4.10. The van der Waals surface area contributed by atoms with Crippen LogP contribution in [0.25, 0.3) is 22.2 Å². The van der Waals surface area contributed by atoms with Gasteiger partial charge in [0.2, 0.25) is 0 Å². The molecule has 4 rings (SSSR count). The first-order chi connectivity index (χ1) is 14.5. The second-order valence-corrected chi connectivity index (χ2v) is 8.50. The summed E-state index contributed by atoms with van der Waals surface area (Å²) in [5.74, 6) is 0.551. The molecule has 3 aromatic rings. The maximum absolute atomic E-state index is 13.0. The highest BCUT2D eigenvalue weighted by molar-refractivity contribution is 5.95. The molecule has 0 saturated carbocycles. The summed E-state index contributed by atoms with van der Waals surface area (Å²) in [6, 6.07) is 13.7. The molecule has 1 aromatic carbocycles. The van der Waals surface area contributed by atoms with E-state index in [1.807, 2.05) is 41.3 Å². The summed E-state index contributed by atoms with van der Waals surface area (Å²) in [4.78, 5) is 36.1. The second kappa shape index (κ2) is 8.74. The zero-order valence-electron chi connectivity index (χ0n) is 17.5. The average Bonchev–Trinajstić information content (AvgIpc) is 2.78. The highest BCUT2D eigenvalue weighted by Gasteiger charge is 2.29. The summed E-state index contributed by atoms with van der Waals surface area (Å²) < 4.78 is 0. The van der Waals surface area contributed by atoms with Gasteiger partial charge in [-0.15, -0.1) is 0 Å². The third kappa shape index (κ3) is 4.40. The van der Waals surface area contributed by atoms with Crippen LogP contribution in [0.5, 0.6) is 0 Å². The Morgan fingerprint density at radius 2 is 2.00 bits per heavy atom. The number of benzene rings is 1. The summed E-state index contributed by atoms with van der Waals surface area (Å²) in [6.07, 6.45) is 5.76. The van der Waals surface area contributed by atoms with Crippen LogP contribution in [0.4, 0.5) is 0 Å². The summed E-state index contributed by atoms with van der Waals surface area (Å²) >= 11 is 0. The summed E-state index contributed by atoms with van der Waals surface area (Å²) in [5, 5.41) is 1.06.